The molecule has 4 rings (SSSR count). The third kappa shape index (κ3) is 3.46. The Morgan fingerprint density at radius 1 is 1.00 bits per heavy atom. The number of aromatic nitrogens is 2. The standard InChI is InChI=1S/C20H21N5O3/c1-15-18-4-2-3-5-19(18)20(26)24(21-15)14-22-10-12-23(13-11-22)16-6-8-17(9-7-16)25(27)28/h2-9H,10-14H2,1H3. The van der Waals surface area contributed by atoms with Crippen molar-refractivity contribution in [2.75, 3.05) is 31.1 Å². The van der Waals surface area contributed by atoms with Gasteiger partial charge in [0, 0.05) is 49.4 Å². The number of hydrogen-bond acceptors (Lipinski definition) is 6. The SMILES string of the molecule is Cc1nn(CN2CCN(c3ccc([N+](=O)[O-])cc3)CC2)c(=O)c2ccccc12. The molecule has 1 fully saturated rings. The van der Waals surface area contributed by atoms with E-state index in [0.29, 0.717) is 12.1 Å². The highest BCUT2D eigenvalue weighted by Crippen LogP contribution is 2.21. The smallest absolute Gasteiger partial charge is 0.275 e. The van der Waals surface area contributed by atoms with Crippen LogP contribution in [0.3, 0.4) is 0 Å². The first kappa shape index (κ1) is 18.1. The quantitative estimate of drug-likeness (QED) is 0.511. The van der Waals surface area contributed by atoms with Crippen LogP contribution in [0.4, 0.5) is 11.4 Å². The predicted octanol–water partition coefficient (Wildman–Crippen LogP) is 2.39. The van der Waals surface area contributed by atoms with Crippen LogP contribution >= 0.6 is 0 Å². The Hall–Kier alpha value is -3.26. The lowest BCUT2D eigenvalue weighted by Gasteiger charge is -2.36. The molecule has 8 nitrogen and oxygen atoms in total. The van der Waals surface area contributed by atoms with Crippen molar-refractivity contribution in [1.29, 1.82) is 0 Å². The van der Waals surface area contributed by atoms with Gasteiger partial charge in [-0.25, -0.2) is 4.68 Å². The Labute approximate surface area is 161 Å². The van der Waals surface area contributed by atoms with Crippen LogP contribution in [-0.2, 0) is 6.67 Å². The van der Waals surface area contributed by atoms with E-state index in [1.165, 1.54) is 12.1 Å². The summed E-state index contributed by atoms with van der Waals surface area (Å²) in [6.45, 7) is 5.54. The van der Waals surface area contributed by atoms with E-state index in [2.05, 4.69) is 14.9 Å². The second kappa shape index (κ2) is 7.40. The number of piperazine rings is 1. The van der Waals surface area contributed by atoms with Gasteiger partial charge < -0.3 is 4.90 Å². The lowest BCUT2D eigenvalue weighted by Crippen LogP contribution is -2.48. The molecule has 28 heavy (non-hydrogen) atoms. The number of nitro benzene ring substituents is 1. The summed E-state index contributed by atoms with van der Waals surface area (Å²) >= 11 is 0. The highest BCUT2D eigenvalue weighted by atomic mass is 16.6. The molecule has 0 atom stereocenters. The number of aryl methyl sites for hydroxylation is 1. The van der Waals surface area contributed by atoms with E-state index in [1.54, 1.807) is 16.8 Å². The minimum Gasteiger partial charge on any atom is -0.369 e. The number of hydrogen-bond donors (Lipinski definition) is 0. The minimum atomic E-state index is -0.391. The molecule has 2 aromatic carbocycles. The van der Waals surface area contributed by atoms with Gasteiger partial charge in [0.05, 0.1) is 22.7 Å². The maximum Gasteiger partial charge on any atom is 0.275 e. The van der Waals surface area contributed by atoms with E-state index >= 15 is 0 Å². The van der Waals surface area contributed by atoms with Gasteiger partial charge in [0.25, 0.3) is 11.2 Å². The summed E-state index contributed by atoms with van der Waals surface area (Å²) in [4.78, 5) is 27.5. The van der Waals surface area contributed by atoms with Crippen LogP contribution < -0.4 is 10.5 Å². The van der Waals surface area contributed by atoms with E-state index in [0.717, 1.165) is 42.9 Å². The van der Waals surface area contributed by atoms with Crippen molar-refractivity contribution in [1.82, 2.24) is 14.7 Å². The number of fused-ring (bicyclic) bond motifs is 1. The number of nitrogens with zero attached hydrogens (tertiary/aromatic N) is 5. The molecule has 0 N–H and O–H groups in total. The zero-order chi connectivity index (χ0) is 19.7. The molecular formula is C20H21N5O3. The summed E-state index contributed by atoms with van der Waals surface area (Å²) in [5.74, 6) is 0. The average molecular weight is 379 g/mol. The van der Waals surface area contributed by atoms with Gasteiger partial charge in [-0.05, 0) is 25.1 Å². The maximum atomic E-state index is 12.7. The Kier molecular flexibility index (Phi) is 4.79. The number of nitro groups is 1. The van der Waals surface area contributed by atoms with Gasteiger partial charge in [-0.15, -0.1) is 0 Å². The maximum absolute atomic E-state index is 12.7. The van der Waals surface area contributed by atoms with Crippen LogP contribution in [0.5, 0.6) is 0 Å². The summed E-state index contributed by atoms with van der Waals surface area (Å²) in [5, 5.41) is 16.9. The largest absolute Gasteiger partial charge is 0.369 e. The number of rotatable bonds is 4. The third-order valence-corrected chi connectivity index (χ3v) is 5.18. The zero-order valence-corrected chi connectivity index (χ0v) is 15.6. The predicted molar refractivity (Wildman–Crippen MR) is 108 cm³/mol. The molecule has 0 bridgehead atoms. The van der Waals surface area contributed by atoms with Crippen molar-refractivity contribution >= 4 is 22.1 Å². The Morgan fingerprint density at radius 3 is 2.29 bits per heavy atom. The van der Waals surface area contributed by atoms with Crippen molar-refractivity contribution in [3.63, 3.8) is 0 Å². The van der Waals surface area contributed by atoms with Crippen molar-refractivity contribution in [2.45, 2.75) is 13.6 Å². The zero-order valence-electron chi connectivity index (χ0n) is 15.6. The van der Waals surface area contributed by atoms with Crippen LogP contribution in [0.1, 0.15) is 5.69 Å². The molecule has 8 heteroatoms. The van der Waals surface area contributed by atoms with E-state index < -0.39 is 4.92 Å². The third-order valence-electron chi connectivity index (χ3n) is 5.18. The van der Waals surface area contributed by atoms with Crippen molar-refractivity contribution in [3.8, 4) is 0 Å². The van der Waals surface area contributed by atoms with E-state index in [-0.39, 0.29) is 11.2 Å². The highest BCUT2D eigenvalue weighted by molar-refractivity contribution is 5.83. The molecule has 0 saturated carbocycles. The summed E-state index contributed by atoms with van der Waals surface area (Å²) in [5.41, 5.74) is 1.85. The molecule has 0 aliphatic carbocycles. The monoisotopic (exact) mass is 379 g/mol. The molecule has 0 spiro atoms. The molecular weight excluding hydrogens is 358 g/mol. The molecule has 0 radical (unpaired) electrons. The number of anilines is 1. The van der Waals surface area contributed by atoms with Gasteiger partial charge in [-0.1, -0.05) is 18.2 Å². The number of non-ortho nitro benzene ring substituents is 1. The molecule has 1 saturated heterocycles. The lowest BCUT2D eigenvalue weighted by molar-refractivity contribution is -0.384. The lowest BCUT2D eigenvalue weighted by atomic mass is 10.1. The first-order valence-corrected chi connectivity index (χ1v) is 9.21. The molecule has 1 aromatic heterocycles. The van der Waals surface area contributed by atoms with E-state index in [1.807, 2.05) is 31.2 Å². The minimum absolute atomic E-state index is 0.0704. The van der Waals surface area contributed by atoms with Gasteiger partial charge in [0.2, 0.25) is 0 Å². The fraction of sp³-hybridized carbons (Fsp3) is 0.300. The normalized spacial score (nSPS) is 15.1. The first-order chi connectivity index (χ1) is 13.5. The van der Waals surface area contributed by atoms with Gasteiger partial charge >= 0.3 is 0 Å². The Bertz CT molecular complexity index is 1070. The molecule has 0 unspecified atom stereocenters. The van der Waals surface area contributed by atoms with Crippen LogP contribution in [0.25, 0.3) is 10.8 Å². The average Bonchev–Trinajstić information content (AvgIpc) is 2.72. The van der Waals surface area contributed by atoms with Gasteiger partial charge in [-0.3, -0.25) is 19.8 Å². The molecule has 1 aliphatic heterocycles. The Morgan fingerprint density at radius 2 is 1.64 bits per heavy atom. The molecule has 1 aliphatic rings. The topological polar surface area (TPSA) is 84.5 Å². The fourth-order valence-electron chi connectivity index (χ4n) is 3.62. The number of benzene rings is 2. The van der Waals surface area contributed by atoms with Gasteiger partial charge in [0.15, 0.2) is 0 Å². The van der Waals surface area contributed by atoms with Gasteiger partial charge in [-0.2, -0.15) is 5.10 Å². The first-order valence-electron chi connectivity index (χ1n) is 9.21. The van der Waals surface area contributed by atoms with Crippen molar-refractivity contribution in [2.24, 2.45) is 0 Å². The van der Waals surface area contributed by atoms with E-state index in [9.17, 15) is 14.9 Å². The summed E-state index contributed by atoms with van der Waals surface area (Å²) in [7, 11) is 0. The molecule has 2 heterocycles. The summed E-state index contributed by atoms with van der Waals surface area (Å²) in [6, 6.07) is 14.2. The molecule has 144 valence electrons. The Balaban J connectivity index is 1.45. The van der Waals surface area contributed by atoms with Crippen LogP contribution in [0.15, 0.2) is 53.3 Å². The van der Waals surface area contributed by atoms with Gasteiger partial charge in [0.1, 0.15) is 0 Å². The van der Waals surface area contributed by atoms with E-state index in [4.69, 9.17) is 0 Å². The molecule has 3 aromatic rings. The van der Waals surface area contributed by atoms with Crippen molar-refractivity contribution in [3.05, 3.63) is 74.7 Å². The fourth-order valence-corrected chi connectivity index (χ4v) is 3.62. The summed E-state index contributed by atoms with van der Waals surface area (Å²) in [6.07, 6.45) is 0. The van der Waals surface area contributed by atoms with Crippen LogP contribution in [0.2, 0.25) is 0 Å². The summed E-state index contributed by atoms with van der Waals surface area (Å²) < 4.78 is 1.54. The van der Waals surface area contributed by atoms with Crippen LogP contribution in [0, 0.1) is 17.0 Å². The molecule has 0 amide bonds. The van der Waals surface area contributed by atoms with Crippen LogP contribution in [-0.4, -0.2) is 45.8 Å². The highest BCUT2D eigenvalue weighted by Gasteiger charge is 2.19. The van der Waals surface area contributed by atoms with Crippen molar-refractivity contribution < 1.29 is 4.92 Å². The second-order valence-electron chi connectivity index (χ2n) is 6.96. The second-order valence-corrected chi connectivity index (χ2v) is 6.96.